The second-order valence-electron chi connectivity index (χ2n) is 4.98. The van der Waals surface area contributed by atoms with E-state index in [2.05, 4.69) is 5.32 Å². The zero-order valence-corrected chi connectivity index (χ0v) is 11.4. The van der Waals surface area contributed by atoms with E-state index in [9.17, 15) is 14.8 Å². The van der Waals surface area contributed by atoms with Gasteiger partial charge in [-0.25, -0.2) is 4.79 Å². The Morgan fingerprint density at radius 2 is 1.95 bits per heavy atom. The predicted octanol–water partition coefficient (Wildman–Crippen LogP) is 0.924. The summed E-state index contributed by atoms with van der Waals surface area (Å²) in [5.74, 6) is -0.889. The molecule has 1 saturated carbocycles. The second-order valence-corrected chi connectivity index (χ2v) is 4.98. The number of carbonyl (C=O) groups excluding carboxylic acids is 2. The third-order valence-corrected chi connectivity index (χ3v) is 3.39. The second kappa shape index (κ2) is 6.36. The van der Waals surface area contributed by atoms with Crippen LogP contribution in [0.2, 0.25) is 0 Å². The van der Waals surface area contributed by atoms with Crippen molar-refractivity contribution in [1.29, 1.82) is 0 Å². The number of nitrogens with one attached hydrogen (secondary N) is 1. The van der Waals surface area contributed by atoms with Crippen molar-refractivity contribution in [2.45, 2.75) is 44.8 Å². The summed E-state index contributed by atoms with van der Waals surface area (Å²) in [4.78, 5) is 23.7. The van der Waals surface area contributed by atoms with Crippen LogP contribution < -0.4 is 10.0 Å². The number of aromatic nitrogens is 1. The first kappa shape index (κ1) is 14.3. The van der Waals surface area contributed by atoms with Gasteiger partial charge in [-0.2, -0.15) is 4.73 Å². The molecule has 1 N–H and O–H groups in total. The molecule has 1 heterocycles. The molecule has 2 rings (SSSR count). The maximum Gasteiger partial charge on any atom is 0.339 e. The molecule has 1 amide bonds. The number of rotatable bonds is 4. The molecule has 1 aromatic heterocycles. The smallest absolute Gasteiger partial charge is 0.339 e. The van der Waals surface area contributed by atoms with Crippen molar-refractivity contribution in [1.82, 2.24) is 5.32 Å². The van der Waals surface area contributed by atoms with Crippen LogP contribution >= 0.6 is 0 Å². The Hall–Kier alpha value is -2.11. The van der Waals surface area contributed by atoms with Crippen molar-refractivity contribution in [3.8, 4) is 0 Å². The number of pyridine rings is 1. The van der Waals surface area contributed by atoms with E-state index in [1.165, 1.54) is 24.5 Å². The minimum atomic E-state index is -0.845. The van der Waals surface area contributed by atoms with Crippen LogP contribution in [-0.2, 0) is 9.53 Å². The molecule has 1 fully saturated rings. The minimum Gasteiger partial charge on any atom is -0.619 e. The standard InChI is InChI=1S/C14H18N2O4/c1-10(13(17)15-12-4-2-3-5-12)20-14(18)11-6-8-16(19)9-7-11/h6-10,12H,2-5H2,1H3,(H,15,17)/t10-/m0/s1. The van der Waals surface area contributed by atoms with Gasteiger partial charge in [-0.05, 0) is 19.8 Å². The van der Waals surface area contributed by atoms with Crippen molar-refractivity contribution in [2.75, 3.05) is 0 Å². The van der Waals surface area contributed by atoms with Gasteiger partial charge in [0, 0.05) is 18.2 Å². The molecule has 0 radical (unpaired) electrons. The largest absolute Gasteiger partial charge is 0.619 e. The van der Waals surface area contributed by atoms with Crippen molar-refractivity contribution < 1.29 is 19.1 Å². The summed E-state index contributed by atoms with van der Waals surface area (Å²) in [6, 6.07) is 2.91. The normalized spacial score (nSPS) is 16.6. The Bertz CT molecular complexity index is 480. The number of ether oxygens (including phenoxy) is 1. The molecule has 1 atom stereocenters. The van der Waals surface area contributed by atoms with Gasteiger partial charge in [0.15, 0.2) is 18.5 Å². The topological polar surface area (TPSA) is 82.3 Å². The number of amides is 1. The number of hydrogen-bond acceptors (Lipinski definition) is 4. The highest BCUT2D eigenvalue weighted by molar-refractivity contribution is 5.92. The first-order valence-corrected chi connectivity index (χ1v) is 6.76. The molecule has 0 aliphatic heterocycles. The Kier molecular flexibility index (Phi) is 4.55. The lowest BCUT2D eigenvalue weighted by Gasteiger charge is -2.17. The van der Waals surface area contributed by atoms with Crippen molar-refractivity contribution in [3.63, 3.8) is 0 Å². The molecule has 1 aliphatic rings. The van der Waals surface area contributed by atoms with Crippen LogP contribution in [-0.4, -0.2) is 24.0 Å². The van der Waals surface area contributed by atoms with Gasteiger partial charge in [-0.3, -0.25) is 4.79 Å². The molecular formula is C14H18N2O4. The quantitative estimate of drug-likeness (QED) is 0.504. The van der Waals surface area contributed by atoms with Crippen LogP contribution in [0.5, 0.6) is 0 Å². The van der Waals surface area contributed by atoms with Crippen LogP contribution in [0.1, 0.15) is 43.0 Å². The highest BCUT2D eigenvalue weighted by atomic mass is 16.5. The van der Waals surface area contributed by atoms with E-state index in [-0.39, 0.29) is 17.5 Å². The van der Waals surface area contributed by atoms with Crippen LogP contribution in [0.4, 0.5) is 0 Å². The minimum absolute atomic E-state index is 0.194. The third kappa shape index (κ3) is 3.69. The molecule has 6 heteroatoms. The molecule has 0 unspecified atom stereocenters. The van der Waals surface area contributed by atoms with E-state index in [1.807, 2.05) is 0 Å². The average molecular weight is 278 g/mol. The van der Waals surface area contributed by atoms with Crippen molar-refractivity contribution in [3.05, 3.63) is 35.3 Å². The summed E-state index contributed by atoms with van der Waals surface area (Å²) in [6.45, 7) is 1.54. The van der Waals surface area contributed by atoms with Crippen LogP contribution in [0.15, 0.2) is 24.5 Å². The summed E-state index contributed by atoms with van der Waals surface area (Å²) in [7, 11) is 0. The van der Waals surface area contributed by atoms with E-state index in [0.29, 0.717) is 4.73 Å². The number of carbonyl (C=O) groups is 2. The highest BCUT2D eigenvalue weighted by Crippen LogP contribution is 2.17. The molecule has 0 spiro atoms. The summed E-state index contributed by atoms with van der Waals surface area (Å²) in [6.07, 6.45) is 5.78. The van der Waals surface area contributed by atoms with Gasteiger partial charge in [0.05, 0.1) is 5.56 Å². The summed E-state index contributed by atoms with van der Waals surface area (Å²) in [5.41, 5.74) is 0.248. The molecular weight excluding hydrogens is 260 g/mol. The predicted molar refractivity (Wildman–Crippen MR) is 70.7 cm³/mol. The Morgan fingerprint density at radius 1 is 1.35 bits per heavy atom. The molecule has 6 nitrogen and oxygen atoms in total. The Morgan fingerprint density at radius 3 is 2.55 bits per heavy atom. The highest BCUT2D eigenvalue weighted by Gasteiger charge is 2.23. The number of hydrogen-bond donors (Lipinski definition) is 1. The maximum atomic E-state index is 11.9. The maximum absolute atomic E-state index is 11.9. The van der Waals surface area contributed by atoms with Crippen molar-refractivity contribution in [2.24, 2.45) is 0 Å². The lowest BCUT2D eigenvalue weighted by Crippen LogP contribution is -2.40. The van der Waals surface area contributed by atoms with E-state index < -0.39 is 12.1 Å². The summed E-state index contributed by atoms with van der Waals surface area (Å²) < 4.78 is 5.66. The third-order valence-electron chi connectivity index (χ3n) is 3.39. The number of nitrogens with zero attached hydrogens (tertiary/aromatic N) is 1. The van der Waals surface area contributed by atoms with E-state index >= 15 is 0 Å². The van der Waals surface area contributed by atoms with Gasteiger partial charge < -0.3 is 15.3 Å². The first-order chi connectivity index (χ1) is 9.56. The summed E-state index contributed by atoms with van der Waals surface area (Å²) >= 11 is 0. The van der Waals surface area contributed by atoms with E-state index in [4.69, 9.17) is 4.74 Å². The average Bonchev–Trinajstić information content (AvgIpc) is 2.92. The molecule has 1 aromatic rings. The first-order valence-electron chi connectivity index (χ1n) is 6.76. The lowest BCUT2D eigenvalue weighted by molar-refractivity contribution is -0.605. The van der Waals surface area contributed by atoms with Crippen LogP contribution in [0.25, 0.3) is 0 Å². The fourth-order valence-corrected chi connectivity index (χ4v) is 2.22. The lowest BCUT2D eigenvalue weighted by atomic mass is 10.2. The fourth-order valence-electron chi connectivity index (χ4n) is 2.22. The van der Waals surface area contributed by atoms with Gasteiger partial charge in [0.2, 0.25) is 0 Å². The SMILES string of the molecule is C[C@H](OC(=O)c1cc[n+]([O-])cc1)C(=O)NC1CCCC1. The van der Waals surface area contributed by atoms with Crippen LogP contribution in [0.3, 0.4) is 0 Å². The van der Waals surface area contributed by atoms with Gasteiger partial charge in [0.1, 0.15) is 0 Å². The van der Waals surface area contributed by atoms with E-state index in [1.54, 1.807) is 6.92 Å². The van der Waals surface area contributed by atoms with Gasteiger partial charge in [-0.1, -0.05) is 12.8 Å². The molecule has 0 bridgehead atoms. The zero-order valence-electron chi connectivity index (χ0n) is 11.4. The molecule has 108 valence electrons. The Balaban J connectivity index is 1.86. The van der Waals surface area contributed by atoms with Gasteiger partial charge in [-0.15, -0.1) is 0 Å². The summed E-state index contributed by atoms with van der Waals surface area (Å²) in [5, 5.41) is 13.7. The van der Waals surface area contributed by atoms with Crippen molar-refractivity contribution >= 4 is 11.9 Å². The zero-order chi connectivity index (χ0) is 14.5. The molecule has 0 aromatic carbocycles. The van der Waals surface area contributed by atoms with E-state index in [0.717, 1.165) is 25.7 Å². The van der Waals surface area contributed by atoms with Gasteiger partial charge >= 0.3 is 5.97 Å². The molecule has 0 saturated heterocycles. The Labute approximate surface area is 117 Å². The molecule has 20 heavy (non-hydrogen) atoms. The van der Waals surface area contributed by atoms with Gasteiger partial charge in [0.25, 0.3) is 5.91 Å². The molecule has 1 aliphatic carbocycles. The fraction of sp³-hybridized carbons (Fsp3) is 0.500. The monoisotopic (exact) mass is 278 g/mol. The van der Waals surface area contributed by atoms with Crippen LogP contribution in [0, 0.1) is 5.21 Å². The number of esters is 1.